The minimum atomic E-state index is -0.725. The van der Waals surface area contributed by atoms with E-state index in [1.807, 2.05) is 11.8 Å². The van der Waals surface area contributed by atoms with E-state index in [1.54, 1.807) is 0 Å². The highest BCUT2D eigenvalue weighted by Crippen LogP contribution is 2.21. The molecule has 0 bridgehead atoms. The van der Waals surface area contributed by atoms with Crippen LogP contribution in [-0.4, -0.2) is 121 Å². The number of aliphatic carboxylic acids is 1. The van der Waals surface area contributed by atoms with Gasteiger partial charge in [-0.3, -0.25) is 19.4 Å². The molecule has 0 amide bonds. The van der Waals surface area contributed by atoms with Crippen LogP contribution in [0.25, 0.3) is 0 Å². The van der Waals surface area contributed by atoms with Crippen LogP contribution in [0, 0.1) is 0 Å². The Labute approximate surface area is 318 Å². The second-order valence-corrected chi connectivity index (χ2v) is 14.8. The lowest BCUT2D eigenvalue weighted by Crippen LogP contribution is -2.44. The number of esters is 1. The maximum Gasteiger partial charge on any atom is 0.320 e. The Hall–Kier alpha value is -3.32. The molecule has 0 saturated carbocycles. The van der Waals surface area contributed by atoms with Gasteiger partial charge < -0.3 is 31.1 Å². The van der Waals surface area contributed by atoms with E-state index >= 15 is 0 Å². The molecule has 4 aliphatic rings. The van der Waals surface area contributed by atoms with E-state index in [0.717, 1.165) is 128 Å². The predicted molar refractivity (Wildman–Crippen MR) is 214 cm³/mol. The number of carboxylic acid groups (broad SMARTS) is 1. The van der Waals surface area contributed by atoms with Crippen molar-refractivity contribution >= 4 is 23.6 Å². The largest absolute Gasteiger partial charge is 0.480 e. The maximum absolute atomic E-state index is 11.5. The first-order valence-corrected chi connectivity index (χ1v) is 20.2. The monoisotopic (exact) mass is 737 g/mol. The van der Waals surface area contributed by atoms with E-state index in [0.29, 0.717) is 25.2 Å². The third-order valence-electron chi connectivity index (χ3n) is 10.7. The molecule has 53 heavy (non-hydrogen) atoms. The van der Waals surface area contributed by atoms with Crippen molar-refractivity contribution in [2.45, 2.75) is 116 Å². The van der Waals surface area contributed by atoms with E-state index < -0.39 is 5.97 Å². The summed E-state index contributed by atoms with van der Waals surface area (Å²) in [7, 11) is 0. The number of fused-ring (bicyclic) bond motifs is 2. The van der Waals surface area contributed by atoms with Crippen molar-refractivity contribution in [3.8, 4) is 0 Å². The molecule has 12 heteroatoms. The van der Waals surface area contributed by atoms with E-state index in [1.165, 1.54) is 48.2 Å². The van der Waals surface area contributed by atoms with Crippen molar-refractivity contribution < 1.29 is 19.4 Å². The fourth-order valence-electron chi connectivity index (χ4n) is 7.66. The van der Waals surface area contributed by atoms with Crippen LogP contribution < -0.4 is 21.3 Å². The average molecular weight is 737 g/mol. The van der Waals surface area contributed by atoms with Gasteiger partial charge in [0.05, 0.1) is 19.7 Å². The van der Waals surface area contributed by atoms with Gasteiger partial charge in [-0.25, -0.2) is 9.97 Å². The number of carbonyl (C=O) groups is 2. The molecule has 0 atom stereocenters. The van der Waals surface area contributed by atoms with Crippen LogP contribution in [0.2, 0.25) is 0 Å². The number of nitrogens with one attached hydrogen (secondary N) is 4. The van der Waals surface area contributed by atoms with Gasteiger partial charge in [-0.1, -0.05) is 19.6 Å². The molecule has 0 aliphatic carbocycles. The normalized spacial score (nSPS) is 17.9. The smallest absolute Gasteiger partial charge is 0.320 e. The van der Waals surface area contributed by atoms with Gasteiger partial charge in [-0.15, -0.1) is 0 Å². The van der Waals surface area contributed by atoms with Gasteiger partial charge in [0.1, 0.15) is 11.6 Å². The lowest BCUT2D eigenvalue weighted by Gasteiger charge is -2.31. The number of ether oxygens (including phenoxy) is 1. The summed E-state index contributed by atoms with van der Waals surface area (Å²) in [5.74, 6) is 1.37. The predicted octanol–water partition coefficient (Wildman–Crippen LogP) is 4.92. The molecule has 2 aromatic heterocycles. The molecule has 5 N–H and O–H groups in total. The molecule has 0 radical (unpaired) electrons. The summed E-state index contributed by atoms with van der Waals surface area (Å²) >= 11 is 0. The van der Waals surface area contributed by atoms with Gasteiger partial charge in [-0.2, -0.15) is 0 Å². The summed E-state index contributed by atoms with van der Waals surface area (Å²) in [6.07, 6.45) is 15.8. The number of unbranched alkanes of at least 4 members (excludes halogenated alkanes) is 2. The number of piperidine rings is 2. The van der Waals surface area contributed by atoms with Gasteiger partial charge in [-0.05, 0) is 133 Å². The highest BCUT2D eigenvalue weighted by Gasteiger charge is 2.21. The number of nitrogens with zero attached hydrogens (tertiary/aromatic N) is 4. The number of anilines is 2. The molecule has 296 valence electrons. The second-order valence-electron chi connectivity index (χ2n) is 14.8. The van der Waals surface area contributed by atoms with E-state index in [2.05, 4.69) is 50.4 Å². The lowest BCUT2D eigenvalue weighted by molar-refractivity contribution is -0.144. The summed E-state index contributed by atoms with van der Waals surface area (Å²) in [5.41, 5.74) is 5.11. The first-order chi connectivity index (χ1) is 25.4. The van der Waals surface area contributed by atoms with E-state index in [4.69, 9.17) is 19.8 Å². The van der Waals surface area contributed by atoms with Gasteiger partial charge >= 0.3 is 11.9 Å². The van der Waals surface area contributed by atoms with Crippen LogP contribution in [0.4, 0.5) is 11.6 Å². The fourth-order valence-corrected chi connectivity index (χ4v) is 7.66. The summed E-state index contributed by atoms with van der Waals surface area (Å²) < 4.78 is 5.03. The van der Waals surface area contributed by atoms with Crippen LogP contribution in [0.3, 0.4) is 0 Å². The second kappa shape index (κ2) is 23.5. The standard InChI is InChI=1S/C21H34N4O2.C19H30N4O2.CH4/c1-2-27-20(26)16-25-14-10-18(11-15-25)22-12-4-3-7-19-9-8-17-6-5-13-23-21(17)24-19;24-18(25)14-23-12-8-16(9-13-23)20-10-2-1-5-17-7-6-15-4-3-11-21-19(15)22-17;/h8-9,18,22H,2-7,10-16H2,1H3,(H,23,24);6-7,16,20H,1-5,8-14H2,(H,21,22)(H,24,25);1H4. The van der Waals surface area contributed by atoms with E-state index in [9.17, 15) is 9.59 Å². The van der Waals surface area contributed by atoms with Crippen LogP contribution in [0.5, 0.6) is 0 Å². The number of hydrogen-bond acceptors (Lipinski definition) is 11. The zero-order chi connectivity index (χ0) is 36.4. The molecular formula is C41H68N8O4. The minimum Gasteiger partial charge on any atom is -0.480 e. The van der Waals surface area contributed by atoms with E-state index in [-0.39, 0.29) is 19.9 Å². The topological polar surface area (TPSA) is 144 Å². The number of likely N-dealkylation sites (tertiary alicyclic amines) is 2. The summed E-state index contributed by atoms with van der Waals surface area (Å²) in [6.45, 7) is 10.8. The molecular weight excluding hydrogens is 669 g/mol. The van der Waals surface area contributed by atoms with Gasteiger partial charge in [0.25, 0.3) is 0 Å². The number of pyridine rings is 2. The molecule has 0 unspecified atom stereocenters. The number of carbonyl (C=O) groups excluding carboxylic acids is 1. The van der Waals surface area contributed by atoms with Gasteiger partial charge in [0, 0.05) is 62.7 Å². The van der Waals surface area contributed by atoms with Crippen molar-refractivity contribution in [1.82, 2.24) is 30.4 Å². The molecule has 4 aliphatic heterocycles. The lowest BCUT2D eigenvalue weighted by atomic mass is 10.0. The fraction of sp³-hybridized carbons (Fsp3) is 0.707. The Bertz CT molecular complexity index is 1380. The van der Waals surface area contributed by atoms with Crippen LogP contribution >= 0.6 is 0 Å². The molecule has 2 saturated heterocycles. The van der Waals surface area contributed by atoms with Crippen molar-refractivity contribution in [3.63, 3.8) is 0 Å². The Kier molecular flexibility index (Phi) is 18.8. The first kappa shape index (κ1) is 42.4. The highest BCUT2D eigenvalue weighted by atomic mass is 16.5. The number of carboxylic acids is 1. The van der Waals surface area contributed by atoms with Crippen LogP contribution in [0.1, 0.15) is 101 Å². The molecule has 2 fully saturated rings. The molecule has 6 heterocycles. The number of aromatic nitrogens is 2. The van der Waals surface area contributed by atoms with Crippen molar-refractivity contribution in [3.05, 3.63) is 46.8 Å². The van der Waals surface area contributed by atoms with Gasteiger partial charge in [0.2, 0.25) is 0 Å². The third-order valence-corrected chi connectivity index (χ3v) is 10.7. The number of hydrogen-bond donors (Lipinski definition) is 5. The van der Waals surface area contributed by atoms with Crippen molar-refractivity contribution in [2.24, 2.45) is 0 Å². The number of rotatable bonds is 17. The molecule has 0 spiro atoms. The molecule has 12 nitrogen and oxygen atoms in total. The SMILES string of the molecule is C.CCOC(=O)CN1CCC(NCCCCc2ccc3c(n2)NCCC3)CC1.O=C(O)CN1CCC(NCCCCc2ccc3c(n2)NCCC3)CC1. The summed E-state index contributed by atoms with van der Waals surface area (Å²) in [4.78, 5) is 36.0. The Balaban J connectivity index is 0.000000233. The highest BCUT2D eigenvalue weighted by molar-refractivity contribution is 5.71. The minimum absolute atomic E-state index is 0. The quantitative estimate of drug-likeness (QED) is 0.111. The molecule has 6 rings (SSSR count). The van der Waals surface area contributed by atoms with Crippen molar-refractivity contribution in [2.75, 3.05) is 82.7 Å². The molecule has 2 aromatic rings. The third kappa shape index (κ3) is 15.1. The van der Waals surface area contributed by atoms with Crippen LogP contribution in [-0.2, 0) is 40.0 Å². The Morgan fingerprint density at radius 2 is 1.23 bits per heavy atom. The van der Waals surface area contributed by atoms with Crippen molar-refractivity contribution in [1.29, 1.82) is 0 Å². The number of aryl methyl sites for hydroxylation is 4. The zero-order valence-corrected chi connectivity index (χ0v) is 31.6. The molecule has 0 aromatic carbocycles. The van der Waals surface area contributed by atoms with Gasteiger partial charge in [0.15, 0.2) is 0 Å². The summed E-state index contributed by atoms with van der Waals surface area (Å²) in [5, 5.41) is 22.9. The average Bonchev–Trinajstić information content (AvgIpc) is 3.16. The first-order valence-electron chi connectivity index (χ1n) is 20.2. The van der Waals surface area contributed by atoms with Crippen LogP contribution in [0.15, 0.2) is 24.3 Å². The zero-order valence-electron chi connectivity index (χ0n) is 31.6. The maximum atomic E-state index is 11.5. The summed E-state index contributed by atoms with van der Waals surface area (Å²) in [6, 6.07) is 9.96. The Morgan fingerprint density at radius 1 is 0.755 bits per heavy atom. The Morgan fingerprint density at radius 3 is 1.68 bits per heavy atom.